The summed E-state index contributed by atoms with van der Waals surface area (Å²) in [6, 6.07) is 7.51. The van der Waals surface area contributed by atoms with Gasteiger partial charge in [-0.1, -0.05) is 12.1 Å². The molecule has 0 atom stereocenters. The van der Waals surface area contributed by atoms with Gasteiger partial charge in [0.1, 0.15) is 0 Å². The Labute approximate surface area is 65.9 Å². The Morgan fingerprint density at radius 2 is 2.00 bits per heavy atom. The van der Waals surface area contributed by atoms with E-state index in [-0.39, 0.29) is 0 Å². The van der Waals surface area contributed by atoms with E-state index in [4.69, 9.17) is 5.73 Å². The van der Waals surface area contributed by atoms with E-state index in [2.05, 4.69) is 10.5 Å². The molecule has 0 heterocycles. The van der Waals surface area contributed by atoms with Crippen LogP contribution in [0.4, 0.5) is 5.69 Å². The molecule has 0 aliphatic carbocycles. The minimum Gasteiger partial charge on any atom is -0.399 e. The molecule has 0 saturated heterocycles. The lowest BCUT2D eigenvalue weighted by Gasteiger charge is -1.93. The van der Waals surface area contributed by atoms with Gasteiger partial charge in [-0.2, -0.15) is 5.10 Å². The number of nitrogens with zero attached hydrogens (tertiary/aromatic N) is 1. The number of nitrogens with two attached hydrogens (primary N) is 1. The molecule has 0 amide bonds. The van der Waals surface area contributed by atoms with Crippen LogP contribution in [0.1, 0.15) is 5.56 Å². The van der Waals surface area contributed by atoms with E-state index in [1.54, 1.807) is 13.3 Å². The van der Waals surface area contributed by atoms with Crippen LogP contribution < -0.4 is 11.2 Å². The van der Waals surface area contributed by atoms with Gasteiger partial charge in [0, 0.05) is 12.7 Å². The molecule has 11 heavy (non-hydrogen) atoms. The van der Waals surface area contributed by atoms with Crippen molar-refractivity contribution < 1.29 is 0 Å². The van der Waals surface area contributed by atoms with Crippen molar-refractivity contribution >= 4 is 11.9 Å². The Hall–Kier alpha value is -1.51. The van der Waals surface area contributed by atoms with Crippen molar-refractivity contribution in [3.05, 3.63) is 29.8 Å². The van der Waals surface area contributed by atoms with Crippen molar-refractivity contribution in [2.75, 3.05) is 12.8 Å². The molecule has 0 fully saturated rings. The highest BCUT2D eigenvalue weighted by Gasteiger charge is 1.85. The Morgan fingerprint density at radius 1 is 1.36 bits per heavy atom. The lowest BCUT2D eigenvalue weighted by Crippen LogP contribution is -1.94. The molecule has 0 radical (unpaired) electrons. The highest BCUT2D eigenvalue weighted by Crippen LogP contribution is 2.02. The normalized spacial score (nSPS) is 10.3. The van der Waals surface area contributed by atoms with Crippen molar-refractivity contribution in [1.82, 2.24) is 5.43 Å². The Morgan fingerprint density at radius 3 is 2.55 bits per heavy atom. The first-order valence-corrected chi connectivity index (χ1v) is 3.38. The molecular formula is C8H11N3. The zero-order valence-electron chi connectivity index (χ0n) is 6.41. The number of hydrogen-bond donors (Lipinski definition) is 2. The van der Waals surface area contributed by atoms with E-state index in [1.807, 2.05) is 24.3 Å². The predicted molar refractivity (Wildman–Crippen MR) is 47.5 cm³/mol. The van der Waals surface area contributed by atoms with Crippen LogP contribution in [0.5, 0.6) is 0 Å². The molecule has 0 spiro atoms. The van der Waals surface area contributed by atoms with E-state index in [0.29, 0.717) is 0 Å². The van der Waals surface area contributed by atoms with E-state index in [0.717, 1.165) is 11.3 Å². The van der Waals surface area contributed by atoms with Gasteiger partial charge in [-0.05, 0) is 17.7 Å². The van der Waals surface area contributed by atoms with Gasteiger partial charge in [0.15, 0.2) is 0 Å². The lowest BCUT2D eigenvalue weighted by molar-refractivity contribution is 0.908. The summed E-state index contributed by atoms with van der Waals surface area (Å²) in [5.74, 6) is 0. The van der Waals surface area contributed by atoms with Crippen LogP contribution in [-0.2, 0) is 0 Å². The quantitative estimate of drug-likeness (QED) is 0.371. The third-order valence-corrected chi connectivity index (χ3v) is 1.28. The summed E-state index contributed by atoms with van der Waals surface area (Å²) in [6.45, 7) is 0. The number of hydrogen-bond acceptors (Lipinski definition) is 3. The number of rotatable bonds is 2. The fourth-order valence-corrected chi connectivity index (χ4v) is 0.721. The second-order valence-electron chi connectivity index (χ2n) is 2.15. The smallest absolute Gasteiger partial charge is 0.0540 e. The van der Waals surface area contributed by atoms with Crippen LogP contribution in [-0.4, -0.2) is 13.3 Å². The highest BCUT2D eigenvalue weighted by molar-refractivity contribution is 5.79. The van der Waals surface area contributed by atoms with Crippen LogP contribution >= 0.6 is 0 Å². The number of anilines is 1. The van der Waals surface area contributed by atoms with Crippen molar-refractivity contribution in [3.63, 3.8) is 0 Å². The Kier molecular flexibility index (Phi) is 2.49. The average Bonchev–Trinajstić information content (AvgIpc) is 2.04. The molecule has 0 bridgehead atoms. The van der Waals surface area contributed by atoms with Gasteiger partial charge in [0.05, 0.1) is 6.21 Å². The van der Waals surface area contributed by atoms with Crippen molar-refractivity contribution in [2.24, 2.45) is 5.10 Å². The SMILES string of the molecule is CN/N=C/c1ccc(N)cc1. The van der Waals surface area contributed by atoms with Crippen LogP contribution in [0.25, 0.3) is 0 Å². The summed E-state index contributed by atoms with van der Waals surface area (Å²) in [6.07, 6.45) is 1.74. The van der Waals surface area contributed by atoms with Crippen LogP contribution in [0, 0.1) is 0 Å². The van der Waals surface area contributed by atoms with Crippen molar-refractivity contribution in [2.45, 2.75) is 0 Å². The van der Waals surface area contributed by atoms with E-state index >= 15 is 0 Å². The molecule has 58 valence electrons. The number of benzene rings is 1. The van der Waals surface area contributed by atoms with Gasteiger partial charge in [-0.15, -0.1) is 0 Å². The minimum absolute atomic E-state index is 0.770. The van der Waals surface area contributed by atoms with E-state index in [1.165, 1.54) is 0 Å². The minimum atomic E-state index is 0.770. The third kappa shape index (κ3) is 2.29. The first kappa shape index (κ1) is 7.60. The molecule has 3 N–H and O–H groups in total. The average molecular weight is 149 g/mol. The number of hydrazone groups is 1. The molecule has 0 aromatic heterocycles. The molecule has 0 saturated carbocycles. The van der Waals surface area contributed by atoms with Crippen molar-refractivity contribution in [3.8, 4) is 0 Å². The van der Waals surface area contributed by atoms with Gasteiger partial charge in [-0.25, -0.2) is 0 Å². The molecule has 0 aliphatic heterocycles. The standard InChI is InChI=1S/C8H11N3/c1-10-11-6-7-2-4-8(9)5-3-7/h2-6,10H,9H2,1H3/b11-6+. The first-order valence-electron chi connectivity index (χ1n) is 3.38. The van der Waals surface area contributed by atoms with E-state index < -0.39 is 0 Å². The number of nitrogens with one attached hydrogen (secondary N) is 1. The summed E-state index contributed by atoms with van der Waals surface area (Å²) in [4.78, 5) is 0. The van der Waals surface area contributed by atoms with Gasteiger partial charge in [0.2, 0.25) is 0 Å². The Bertz CT molecular complexity index is 238. The summed E-state index contributed by atoms with van der Waals surface area (Å²) >= 11 is 0. The summed E-state index contributed by atoms with van der Waals surface area (Å²) in [5, 5.41) is 3.86. The fourth-order valence-electron chi connectivity index (χ4n) is 0.721. The molecule has 0 unspecified atom stereocenters. The first-order chi connectivity index (χ1) is 5.33. The second-order valence-corrected chi connectivity index (χ2v) is 2.15. The largest absolute Gasteiger partial charge is 0.399 e. The lowest BCUT2D eigenvalue weighted by atomic mass is 10.2. The topological polar surface area (TPSA) is 50.4 Å². The summed E-state index contributed by atoms with van der Waals surface area (Å²) < 4.78 is 0. The van der Waals surface area contributed by atoms with Crippen LogP contribution in [0.15, 0.2) is 29.4 Å². The van der Waals surface area contributed by atoms with Gasteiger partial charge >= 0.3 is 0 Å². The van der Waals surface area contributed by atoms with Gasteiger partial charge in [-0.3, -0.25) is 0 Å². The molecule has 3 heteroatoms. The third-order valence-electron chi connectivity index (χ3n) is 1.28. The predicted octanol–water partition coefficient (Wildman–Crippen LogP) is 0.822. The second kappa shape index (κ2) is 3.61. The molecule has 1 aromatic rings. The highest BCUT2D eigenvalue weighted by atomic mass is 15.3. The van der Waals surface area contributed by atoms with E-state index in [9.17, 15) is 0 Å². The maximum absolute atomic E-state index is 5.50. The fraction of sp³-hybridized carbons (Fsp3) is 0.125. The Balaban J connectivity index is 2.73. The monoisotopic (exact) mass is 149 g/mol. The number of nitrogen functional groups attached to an aromatic ring is 1. The zero-order valence-corrected chi connectivity index (χ0v) is 6.41. The molecular weight excluding hydrogens is 138 g/mol. The van der Waals surface area contributed by atoms with Crippen LogP contribution in [0.2, 0.25) is 0 Å². The molecule has 3 nitrogen and oxygen atoms in total. The molecule has 0 aliphatic rings. The van der Waals surface area contributed by atoms with Crippen molar-refractivity contribution in [1.29, 1.82) is 0 Å². The molecule has 1 rings (SSSR count). The van der Waals surface area contributed by atoms with Gasteiger partial charge < -0.3 is 11.2 Å². The summed E-state index contributed by atoms with van der Waals surface area (Å²) in [5.41, 5.74) is 9.97. The van der Waals surface area contributed by atoms with Crippen LogP contribution in [0.3, 0.4) is 0 Å². The maximum Gasteiger partial charge on any atom is 0.0540 e. The molecule has 1 aromatic carbocycles. The van der Waals surface area contributed by atoms with Gasteiger partial charge in [0.25, 0.3) is 0 Å². The maximum atomic E-state index is 5.50. The summed E-state index contributed by atoms with van der Waals surface area (Å²) in [7, 11) is 1.76. The zero-order chi connectivity index (χ0) is 8.10.